The Labute approximate surface area is 133 Å². The lowest BCUT2D eigenvalue weighted by Crippen LogP contribution is -2.46. The minimum absolute atomic E-state index is 0.686. The summed E-state index contributed by atoms with van der Waals surface area (Å²) in [6.07, 6.45) is 5.26. The van der Waals surface area contributed by atoms with Crippen LogP contribution in [0.1, 0.15) is 36.8 Å². The monoisotopic (exact) mass is 304 g/mol. The Balaban J connectivity index is 1.72. The third-order valence-electron chi connectivity index (χ3n) is 5.33. The minimum Gasteiger partial charge on any atom is -0.493 e. The van der Waals surface area contributed by atoms with Gasteiger partial charge in [0.15, 0.2) is 11.5 Å². The second kappa shape index (κ2) is 6.47. The number of hydrogen-bond acceptors (Lipinski definition) is 4. The molecule has 0 saturated carbocycles. The molecule has 1 N–H and O–H groups in total. The summed E-state index contributed by atoms with van der Waals surface area (Å²) in [4.78, 5) is 2.51. The van der Waals surface area contributed by atoms with Crippen molar-refractivity contribution in [2.75, 3.05) is 21.3 Å². The fraction of sp³-hybridized carbons (Fsp3) is 0.667. The summed E-state index contributed by atoms with van der Waals surface area (Å²) in [6.45, 7) is 3.12. The molecule has 3 rings (SSSR count). The maximum atomic E-state index is 5.45. The van der Waals surface area contributed by atoms with Crippen LogP contribution in [0.4, 0.5) is 0 Å². The van der Waals surface area contributed by atoms with Crippen LogP contribution in [0.3, 0.4) is 0 Å². The van der Waals surface area contributed by atoms with E-state index >= 15 is 0 Å². The first-order valence-electron chi connectivity index (χ1n) is 8.28. The van der Waals surface area contributed by atoms with Crippen molar-refractivity contribution in [2.24, 2.45) is 0 Å². The lowest BCUT2D eigenvalue weighted by atomic mass is 9.97. The van der Waals surface area contributed by atoms with Gasteiger partial charge in [-0.3, -0.25) is 4.90 Å². The number of fused-ring (bicyclic) bond motifs is 2. The number of nitrogens with one attached hydrogen (secondary N) is 1. The molecule has 122 valence electrons. The molecule has 4 nitrogen and oxygen atoms in total. The summed E-state index contributed by atoms with van der Waals surface area (Å²) in [7, 11) is 5.64. The first-order valence-corrected chi connectivity index (χ1v) is 8.28. The van der Waals surface area contributed by atoms with Crippen LogP contribution < -0.4 is 14.8 Å². The van der Waals surface area contributed by atoms with Crippen LogP contribution in [0.2, 0.25) is 0 Å². The van der Waals surface area contributed by atoms with E-state index in [0.29, 0.717) is 6.04 Å². The highest BCUT2D eigenvalue weighted by atomic mass is 16.5. The fourth-order valence-electron chi connectivity index (χ4n) is 3.98. The third-order valence-corrected chi connectivity index (χ3v) is 5.33. The molecular formula is C18H28N2O2. The van der Waals surface area contributed by atoms with Crippen molar-refractivity contribution in [1.82, 2.24) is 10.2 Å². The lowest BCUT2D eigenvalue weighted by Gasteiger charge is -2.36. The van der Waals surface area contributed by atoms with E-state index in [1.807, 2.05) is 0 Å². The van der Waals surface area contributed by atoms with E-state index in [1.165, 1.54) is 36.8 Å². The second-order valence-electron chi connectivity index (χ2n) is 6.81. The molecule has 22 heavy (non-hydrogen) atoms. The van der Waals surface area contributed by atoms with E-state index in [1.54, 1.807) is 14.2 Å². The smallest absolute Gasteiger partial charge is 0.161 e. The predicted molar refractivity (Wildman–Crippen MR) is 88.7 cm³/mol. The van der Waals surface area contributed by atoms with Gasteiger partial charge < -0.3 is 14.8 Å². The largest absolute Gasteiger partial charge is 0.493 e. The van der Waals surface area contributed by atoms with Crippen molar-refractivity contribution in [1.29, 1.82) is 0 Å². The number of benzene rings is 1. The summed E-state index contributed by atoms with van der Waals surface area (Å²) in [6, 6.07) is 6.36. The van der Waals surface area contributed by atoms with Crippen LogP contribution in [0.25, 0.3) is 0 Å². The molecule has 4 heteroatoms. The molecule has 2 heterocycles. The molecule has 0 radical (unpaired) electrons. The lowest BCUT2D eigenvalue weighted by molar-refractivity contribution is 0.165. The molecule has 0 amide bonds. The molecule has 2 aliphatic heterocycles. The van der Waals surface area contributed by atoms with Gasteiger partial charge in [-0.15, -0.1) is 0 Å². The molecule has 0 spiro atoms. The molecule has 0 aromatic heterocycles. The van der Waals surface area contributed by atoms with Crippen molar-refractivity contribution in [2.45, 2.75) is 57.3 Å². The molecule has 2 atom stereocenters. The van der Waals surface area contributed by atoms with Gasteiger partial charge in [-0.05, 0) is 62.9 Å². The Kier molecular flexibility index (Phi) is 4.59. The van der Waals surface area contributed by atoms with Crippen molar-refractivity contribution in [3.63, 3.8) is 0 Å². The number of piperidine rings is 1. The van der Waals surface area contributed by atoms with Gasteiger partial charge >= 0.3 is 0 Å². The van der Waals surface area contributed by atoms with Crippen LogP contribution >= 0.6 is 0 Å². The first-order chi connectivity index (χ1) is 10.6. The molecule has 1 aromatic rings. The number of methoxy groups -OCH3 is 2. The summed E-state index contributed by atoms with van der Waals surface area (Å²) in [5.41, 5.74) is 2.59. The number of ether oxygens (including phenoxy) is 2. The molecule has 2 saturated heterocycles. The summed E-state index contributed by atoms with van der Waals surface area (Å²) in [5.74, 6) is 1.63. The van der Waals surface area contributed by atoms with E-state index in [-0.39, 0.29) is 0 Å². The van der Waals surface area contributed by atoms with Crippen LogP contribution in [-0.2, 0) is 6.54 Å². The van der Waals surface area contributed by atoms with Gasteiger partial charge in [0.25, 0.3) is 0 Å². The molecule has 2 fully saturated rings. The highest BCUT2D eigenvalue weighted by Crippen LogP contribution is 2.33. The van der Waals surface area contributed by atoms with Gasteiger partial charge in [0.05, 0.1) is 14.2 Å². The van der Waals surface area contributed by atoms with Crippen molar-refractivity contribution in [3.8, 4) is 11.5 Å². The summed E-state index contributed by atoms with van der Waals surface area (Å²) >= 11 is 0. The van der Waals surface area contributed by atoms with E-state index in [9.17, 15) is 0 Å². The van der Waals surface area contributed by atoms with E-state index in [2.05, 4.69) is 36.3 Å². The maximum Gasteiger partial charge on any atom is 0.161 e. The zero-order chi connectivity index (χ0) is 15.7. The van der Waals surface area contributed by atoms with Crippen LogP contribution in [-0.4, -0.2) is 44.3 Å². The van der Waals surface area contributed by atoms with Gasteiger partial charge in [0.2, 0.25) is 0 Å². The highest BCUT2D eigenvalue weighted by molar-refractivity contribution is 5.47. The Morgan fingerprint density at radius 2 is 1.68 bits per heavy atom. The van der Waals surface area contributed by atoms with Crippen LogP contribution in [0.5, 0.6) is 11.5 Å². The van der Waals surface area contributed by atoms with E-state index in [0.717, 1.165) is 30.1 Å². The van der Waals surface area contributed by atoms with E-state index < -0.39 is 0 Å². The van der Waals surface area contributed by atoms with Gasteiger partial charge in [0.1, 0.15) is 0 Å². The third kappa shape index (κ3) is 3.08. The Morgan fingerprint density at radius 1 is 1.09 bits per heavy atom. The zero-order valence-electron chi connectivity index (χ0n) is 14.2. The maximum absolute atomic E-state index is 5.45. The average Bonchev–Trinajstić information content (AvgIpc) is 2.86. The van der Waals surface area contributed by atoms with Gasteiger partial charge in [-0.1, -0.05) is 0 Å². The Bertz CT molecular complexity index is 520. The predicted octanol–water partition coefficient (Wildman–Crippen LogP) is 2.73. The van der Waals surface area contributed by atoms with Crippen LogP contribution in [0.15, 0.2) is 12.1 Å². The molecular weight excluding hydrogens is 276 g/mol. The molecule has 2 bridgehead atoms. The summed E-state index contributed by atoms with van der Waals surface area (Å²) in [5, 5.41) is 3.72. The van der Waals surface area contributed by atoms with Gasteiger partial charge in [-0.25, -0.2) is 0 Å². The standard InChI is InChI=1S/C18H28N2O2/c1-12-7-17(21-3)18(22-4)8-13(12)11-20(2)16-9-14-5-6-15(10-16)19-14/h7-8,14-16,19H,5-6,9-11H2,1-4H3. The number of aryl methyl sites for hydroxylation is 1. The SMILES string of the molecule is COc1cc(C)c(CN(C)C2CC3CCC(C2)N3)cc1OC. The summed E-state index contributed by atoms with van der Waals surface area (Å²) < 4.78 is 10.8. The van der Waals surface area contributed by atoms with Crippen molar-refractivity contribution >= 4 is 0 Å². The normalized spacial score (nSPS) is 27.2. The number of rotatable bonds is 5. The fourth-order valence-corrected chi connectivity index (χ4v) is 3.98. The Hall–Kier alpha value is -1.26. The number of nitrogens with zero attached hydrogens (tertiary/aromatic N) is 1. The first kappa shape index (κ1) is 15.6. The van der Waals surface area contributed by atoms with Gasteiger partial charge in [0, 0.05) is 24.7 Å². The zero-order valence-corrected chi connectivity index (χ0v) is 14.2. The molecule has 0 aliphatic carbocycles. The average molecular weight is 304 g/mol. The van der Waals surface area contributed by atoms with E-state index in [4.69, 9.17) is 9.47 Å². The quantitative estimate of drug-likeness (QED) is 0.907. The van der Waals surface area contributed by atoms with Crippen LogP contribution in [0, 0.1) is 6.92 Å². The second-order valence-corrected chi connectivity index (χ2v) is 6.81. The molecule has 2 aliphatic rings. The van der Waals surface area contributed by atoms with Crippen molar-refractivity contribution in [3.05, 3.63) is 23.3 Å². The minimum atomic E-state index is 0.686. The van der Waals surface area contributed by atoms with Gasteiger partial charge in [-0.2, -0.15) is 0 Å². The molecule has 1 aromatic carbocycles. The number of hydrogen-bond donors (Lipinski definition) is 1. The Morgan fingerprint density at radius 3 is 2.27 bits per heavy atom. The highest BCUT2D eigenvalue weighted by Gasteiger charge is 2.35. The topological polar surface area (TPSA) is 33.7 Å². The van der Waals surface area contributed by atoms with Crippen molar-refractivity contribution < 1.29 is 9.47 Å². The molecule has 2 unspecified atom stereocenters.